The van der Waals surface area contributed by atoms with Crippen LogP contribution in [0.3, 0.4) is 0 Å². The Labute approximate surface area is 153 Å². The average molecular weight is 356 g/mol. The molecule has 3 aromatic carbocycles. The van der Waals surface area contributed by atoms with Gasteiger partial charge in [-0.3, -0.25) is 0 Å². The molecule has 130 valence electrons. The topological polar surface area (TPSA) is 41.5 Å². The number of ether oxygens (including phenoxy) is 1. The molecular weight excluding hydrogens is 334 g/mol. The first kappa shape index (κ1) is 17.7. The second kappa shape index (κ2) is 8.34. The maximum absolute atomic E-state index is 9.48. The van der Waals surface area contributed by atoms with Gasteiger partial charge < -0.3 is 15.2 Å². The zero-order chi connectivity index (χ0) is 17.6. The molecule has 0 heterocycles. The molecular formula is C21H22ClNO2. The van der Waals surface area contributed by atoms with Crippen LogP contribution in [0.4, 0.5) is 0 Å². The van der Waals surface area contributed by atoms with Crippen molar-refractivity contribution >= 4 is 22.4 Å². The molecule has 4 heteroatoms. The number of nitrogens with one attached hydrogen (secondary N) is 1. The van der Waals surface area contributed by atoms with Crippen molar-refractivity contribution in [3.05, 3.63) is 76.8 Å². The summed E-state index contributed by atoms with van der Waals surface area (Å²) in [6.45, 7) is 3.41. The minimum atomic E-state index is -0.384. The molecule has 0 amide bonds. The number of halogens is 1. The summed E-state index contributed by atoms with van der Waals surface area (Å²) in [4.78, 5) is 0. The van der Waals surface area contributed by atoms with Gasteiger partial charge in [0.05, 0.1) is 6.10 Å². The zero-order valence-corrected chi connectivity index (χ0v) is 15.0. The monoisotopic (exact) mass is 355 g/mol. The SMILES string of the molecule is C[C@H](O)CNCc1c(OCc2cccc(Cl)c2)ccc2ccccc12. The van der Waals surface area contributed by atoms with Gasteiger partial charge in [0.2, 0.25) is 0 Å². The van der Waals surface area contributed by atoms with Crippen molar-refractivity contribution in [3.8, 4) is 5.75 Å². The van der Waals surface area contributed by atoms with Crippen LogP contribution < -0.4 is 10.1 Å². The first-order valence-electron chi connectivity index (χ1n) is 8.40. The maximum Gasteiger partial charge on any atom is 0.124 e. The third-order valence-corrected chi connectivity index (χ3v) is 4.26. The lowest BCUT2D eigenvalue weighted by atomic mass is 10.0. The highest BCUT2D eigenvalue weighted by Crippen LogP contribution is 2.29. The summed E-state index contributed by atoms with van der Waals surface area (Å²) in [5, 5.41) is 15.8. The molecule has 0 aliphatic rings. The van der Waals surface area contributed by atoms with Crippen molar-refractivity contribution in [3.63, 3.8) is 0 Å². The predicted molar refractivity (Wildman–Crippen MR) is 103 cm³/mol. The highest BCUT2D eigenvalue weighted by Gasteiger charge is 2.10. The number of hydrogen-bond donors (Lipinski definition) is 2. The molecule has 0 aromatic heterocycles. The summed E-state index contributed by atoms with van der Waals surface area (Å²) in [6.07, 6.45) is -0.384. The van der Waals surface area contributed by atoms with Crippen molar-refractivity contribution in [2.75, 3.05) is 6.54 Å². The van der Waals surface area contributed by atoms with E-state index in [9.17, 15) is 5.11 Å². The molecule has 0 saturated carbocycles. The second-order valence-corrected chi connectivity index (χ2v) is 6.60. The van der Waals surface area contributed by atoms with Gasteiger partial charge >= 0.3 is 0 Å². The van der Waals surface area contributed by atoms with Crippen molar-refractivity contribution < 1.29 is 9.84 Å². The van der Waals surface area contributed by atoms with Crippen LogP contribution in [-0.2, 0) is 13.2 Å². The fraction of sp³-hybridized carbons (Fsp3) is 0.238. The van der Waals surface area contributed by atoms with Crippen LogP contribution >= 0.6 is 11.6 Å². The normalized spacial score (nSPS) is 12.3. The summed E-state index contributed by atoms with van der Waals surface area (Å²) in [5.41, 5.74) is 2.13. The lowest BCUT2D eigenvalue weighted by Crippen LogP contribution is -2.24. The molecule has 0 spiro atoms. The minimum absolute atomic E-state index is 0.384. The van der Waals surface area contributed by atoms with Gasteiger partial charge in [-0.25, -0.2) is 0 Å². The Morgan fingerprint density at radius 2 is 1.92 bits per heavy atom. The largest absolute Gasteiger partial charge is 0.489 e. The Morgan fingerprint density at radius 1 is 1.08 bits per heavy atom. The smallest absolute Gasteiger partial charge is 0.124 e. The fourth-order valence-corrected chi connectivity index (χ4v) is 3.04. The van der Waals surface area contributed by atoms with Crippen molar-refractivity contribution in [1.29, 1.82) is 0 Å². The highest BCUT2D eigenvalue weighted by molar-refractivity contribution is 6.30. The van der Waals surface area contributed by atoms with E-state index >= 15 is 0 Å². The van der Waals surface area contributed by atoms with Gasteiger partial charge in [-0.15, -0.1) is 0 Å². The first-order chi connectivity index (χ1) is 12.1. The second-order valence-electron chi connectivity index (χ2n) is 6.16. The van der Waals surface area contributed by atoms with Crippen molar-refractivity contribution in [2.45, 2.75) is 26.2 Å². The van der Waals surface area contributed by atoms with Gasteiger partial charge in [-0.05, 0) is 41.5 Å². The number of benzene rings is 3. The maximum atomic E-state index is 9.48. The molecule has 0 bridgehead atoms. The number of rotatable bonds is 7. The molecule has 0 aliphatic heterocycles. The molecule has 0 saturated heterocycles. The molecule has 3 aromatic rings. The first-order valence-corrected chi connectivity index (χ1v) is 8.78. The van der Waals surface area contributed by atoms with Crippen LogP contribution in [-0.4, -0.2) is 17.8 Å². The third kappa shape index (κ3) is 4.73. The van der Waals surface area contributed by atoms with Crippen LogP contribution in [0.1, 0.15) is 18.1 Å². The molecule has 2 N–H and O–H groups in total. The summed E-state index contributed by atoms with van der Waals surface area (Å²) >= 11 is 6.04. The number of hydrogen-bond acceptors (Lipinski definition) is 3. The summed E-state index contributed by atoms with van der Waals surface area (Å²) in [7, 11) is 0. The Hall–Kier alpha value is -2.07. The van der Waals surface area contributed by atoms with E-state index in [4.69, 9.17) is 16.3 Å². The molecule has 25 heavy (non-hydrogen) atoms. The van der Waals surface area contributed by atoms with Crippen LogP contribution in [0.25, 0.3) is 10.8 Å². The van der Waals surface area contributed by atoms with Gasteiger partial charge in [-0.2, -0.15) is 0 Å². The van der Waals surface area contributed by atoms with Gasteiger partial charge in [0.1, 0.15) is 12.4 Å². The van der Waals surface area contributed by atoms with Crippen molar-refractivity contribution in [2.24, 2.45) is 0 Å². The van der Waals surface area contributed by atoms with Gasteiger partial charge in [0, 0.05) is 23.7 Å². The van der Waals surface area contributed by atoms with Crippen LogP contribution in [0.15, 0.2) is 60.7 Å². The summed E-state index contributed by atoms with van der Waals surface area (Å²) < 4.78 is 6.08. The standard InChI is InChI=1S/C21H22ClNO2/c1-15(24)12-23-13-20-19-8-3-2-6-17(19)9-10-21(20)25-14-16-5-4-7-18(22)11-16/h2-11,15,23-24H,12-14H2,1H3/t15-/m0/s1. The van der Waals surface area contributed by atoms with Gasteiger partial charge in [0.25, 0.3) is 0 Å². The van der Waals surface area contributed by atoms with E-state index in [1.807, 2.05) is 42.5 Å². The van der Waals surface area contributed by atoms with Crippen LogP contribution in [0.5, 0.6) is 5.75 Å². The summed E-state index contributed by atoms with van der Waals surface area (Å²) in [5.74, 6) is 0.844. The van der Waals surface area contributed by atoms with Gasteiger partial charge in [0.15, 0.2) is 0 Å². The lowest BCUT2D eigenvalue weighted by Gasteiger charge is -2.16. The molecule has 0 unspecified atom stereocenters. The molecule has 0 fully saturated rings. The highest BCUT2D eigenvalue weighted by atomic mass is 35.5. The van der Waals surface area contributed by atoms with E-state index in [0.717, 1.165) is 22.3 Å². The quantitative estimate of drug-likeness (QED) is 0.653. The molecule has 3 nitrogen and oxygen atoms in total. The van der Waals surface area contributed by atoms with E-state index in [1.54, 1.807) is 6.92 Å². The lowest BCUT2D eigenvalue weighted by molar-refractivity contribution is 0.190. The van der Waals surface area contributed by atoms with E-state index in [0.29, 0.717) is 24.7 Å². The summed E-state index contributed by atoms with van der Waals surface area (Å²) in [6, 6.07) is 20.0. The zero-order valence-electron chi connectivity index (χ0n) is 14.2. The third-order valence-electron chi connectivity index (χ3n) is 4.02. The number of fused-ring (bicyclic) bond motifs is 1. The number of aliphatic hydroxyl groups is 1. The van der Waals surface area contributed by atoms with E-state index in [-0.39, 0.29) is 6.10 Å². The average Bonchev–Trinajstić information content (AvgIpc) is 2.60. The Balaban J connectivity index is 1.85. The molecule has 0 aliphatic carbocycles. The molecule has 3 rings (SSSR count). The molecule has 1 atom stereocenters. The van der Waals surface area contributed by atoms with Crippen LogP contribution in [0.2, 0.25) is 5.02 Å². The Bertz CT molecular complexity index is 848. The Morgan fingerprint density at radius 3 is 2.72 bits per heavy atom. The van der Waals surface area contributed by atoms with E-state index < -0.39 is 0 Å². The predicted octanol–water partition coefficient (Wildman–Crippen LogP) is 4.54. The number of aliphatic hydroxyl groups excluding tert-OH is 1. The van der Waals surface area contributed by atoms with E-state index in [1.165, 1.54) is 5.39 Å². The molecule has 0 radical (unpaired) electrons. The van der Waals surface area contributed by atoms with E-state index in [2.05, 4.69) is 23.5 Å². The Kier molecular flexibility index (Phi) is 5.92. The fourth-order valence-electron chi connectivity index (χ4n) is 2.83. The van der Waals surface area contributed by atoms with Crippen LogP contribution in [0, 0.1) is 0 Å². The minimum Gasteiger partial charge on any atom is -0.489 e. The van der Waals surface area contributed by atoms with Crippen molar-refractivity contribution in [1.82, 2.24) is 5.32 Å². The van der Waals surface area contributed by atoms with Gasteiger partial charge in [-0.1, -0.05) is 54.1 Å².